The molecule has 136 valence electrons. The van der Waals surface area contributed by atoms with Crippen LogP contribution < -0.4 is 10.6 Å². The molecule has 0 aliphatic rings. The highest BCUT2D eigenvalue weighted by molar-refractivity contribution is 5.96. The van der Waals surface area contributed by atoms with Crippen molar-refractivity contribution in [3.63, 3.8) is 0 Å². The number of rotatable bonds is 7. The van der Waals surface area contributed by atoms with Gasteiger partial charge >= 0.3 is 12.1 Å². The van der Waals surface area contributed by atoms with Crippen LogP contribution in [-0.4, -0.2) is 37.0 Å². The van der Waals surface area contributed by atoms with Crippen LogP contribution in [0.2, 0.25) is 0 Å². The molecule has 0 aliphatic carbocycles. The normalized spacial score (nSPS) is 12.0. The molecular weight excluding hydrogens is 341 g/mol. The molecule has 2 N–H and O–H groups in total. The molecule has 1 aromatic carbocycles. The number of esters is 1. The van der Waals surface area contributed by atoms with Crippen LogP contribution in [0, 0.1) is 0 Å². The summed E-state index contributed by atoms with van der Waals surface area (Å²) in [7, 11) is 0. The highest BCUT2D eigenvalue weighted by atomic mass is 19.4. The molecular formula is C16H17F3N2O4. The standard InChI is InChI=1S/C16H17F3N2O4/c1-3-8-20-14(23)10(2)25-13(22)9-21-15(24)11-4-6-12(7-5-11)16(17,18)19/h3-7,10H,1,8-9H2,2H3,(H,20,23)(H,21,24). The second-order valence-electron chi connectivity index (χ2n) is 4.92. The van der Waals surface area contributed by atoms with Crippen LogP contribution in [0.4, 0.5) is 13.2 Å². The van der Waals surface area contributed by atoms with Gasteiger partial charge in [-0.1, -0.05) is 6.08 Å². The monoisotopic (exact) mass is 358 g/mol. The third-order valence-electron chi connectivity index (χ3n) is 2.97. The number of hydrogen-bond acceptors (Lipinski definition) is 4. The Morgan fingerprint density at radius 1 is 1.20 bits per heavy atom. The number of carbonyl (C=O) groups excluding carboxylic acids is 3. The van der Waals surface area contributed by atoms with Crippen LogP contribution in [-0.2, 0) is 20.5 Å². The Hall–Kier alpha value is -2.84. The van der Waals surface area contributed by atoms with Crippen molar-refractivity contribution in [2.24, 2.45) is 0 Å². The van der Waals surface area contributed by atoms with Crippen LogP contribution in [0.3, 0.4) is 0 Å². The molecule has 0 aromatic heterocycles. The Labute approximate surface area is 142 Å². The molecule has 0 saturated carbocycles. The van der Waals surface area contributed by atoms with E-state index in [2.05, 4.69) is 17.2 Å². The van der Waals surface area contributed by atoms with Crippen molar-refractivity contribution in [3.05, 3.63) is 48.0 Å². The Morgan fingerprint density at radius 3 is 2.32 bits per heavy atom. The van der Waals surface area contributed by atoms with E-state index in [1.165, 1.54) is 13.0 Å². The lowest BCUT2D eigenvalue weighted by atomic mass is 10.1. The van der Waals surface area contributed by atoms with Gasteiger partial charge in [0.1, 0.15) is 6.54 Å². The fraction of sp³-hybridized carbons (Fsp3) is 0.312. The topological polar surface area (TPSA) is 84.5 Å². The molecule has 0 aliphatic heterocycles. The summed E-state index contributed by atoms with van der Waals surface area (Å²) in [5.74, 6) is -2.13. The average molecular weight is 358 g/mol. The van der Waals surface area contributed by atoms with E-state index in [0.717, 1.165) is 24.3 Å². The summed E-state index contributed by atoms with van der Waals surface area (Å²) >= 11 is 0. The van der Waals surface area contributed by atoms with Crippen molar-refractivity contribution in [2.75, 3.05) is 13.1 Å². The maximum absolute atomic E-state index is 12.4. The van der Waals surface area contributed by atoms with E-state index in [4.69, 9.17) is 4.74 Å². The SMILES string of the molecule is C=CCNC(=O)C(C)OC(=O)CNC(=O)c1ccc(C(F)(F)F)cc1. The summed E-state index contributed by atoms with van der Waals surface area (Å²) in [5.41, 5.74) is -0.930. The van der Waals surface area contributed by atoms with Gasteiger partial charge in [0.25, 0.3) is 11.8 Å². The molecule has 0 fully saturated rings. The lowest BCUT2D eigenvalue weighted by Gasteiger charge is -2.13. The molecule has 0 heterocycles. The number of amides is 2. The molecule has 25 heavy (non-hydrogen) atoms. The van der Waals surface area contributed by atoms with Gasteiger partial charge in [-0.2, -0.15) is 13.2 Å². The minimum Gasteiger partial charge on any atom is -0.451 e. The molecule has 1 atom stereocenters. The van der Waals surface area contributed by atoms with Crippen LogP contribution in [0.25, 0.3) is 0 Å². The predicted octanol–water partition coefficient (Wildman–Crippen LogP) is 1.67. The van der Waals surface area contributed by atoms with Crippen LogP contribution in [0.15, 0.2) is 36.9 Å². The minimum atomic E-state index is -4.50. The van der Waals surface area contributed by atoms with E-state index >= 15 is 0 Å². The number of halogens is 3. The minimum absolute atomic E-state index is 0.0439. The van der Waals surface area contributed by atoms with Crippen molar-refractivity contribution in [2.45, 2.75) is 19.2 Å². The van der Waals surface area contributed by atoms with Crippen molar-refractivity contribution >= 4 is 17.8 Å². The maximum Gasteiger partial charge on any atom is 0.416 e. The Kier molecular flexibility index (Phi) is 7.16. The zero-order valence-electron chi connectivity index (χ0n) is 13.4. The second kappa shape index (κ2) is 8.86. The number of carbonyl (C=O) groups is 3. The maximum atomic E-state index is 12.4. The predicted molar refractivity (Wildman–Crippen MR) is 82.5 cm³/mol. The lowest BCUT2D eigenvalue weighted by Crippen LogP contribution is -2.38. The number of hydrogen-bond donors (Lipinski definition) is 2. The van der Waals surface area contributed by atoms with Gasteiger partial charge in [-0.05, 0) is 31.2 Å². The molecule has 1 rings (SSSR count). The summed E-state index contributed by atoms with van der Waals surface area (Å²) in [5, 5.41) is 4.63. The smallest absolute Gasteiger partial charge is 0.416 e. The summed E-state index contributed by atoms with van der Waals surface area (Å²) in [6.07, 6.45) is -4.10. The molecule has 0 spiro atoms. The Morgan fingerprint density at radius 2 is 1.80 bits per heavy atom. The van der Waals surface area contributed by atoms with Crippen molar-refractivity contribution in [1.29, 1.82) is 0 Å². The fourth-order valence-electron chi connectivity index (χ4n) is 1.67. The van der Waals surface area contributed by atoms with Crippen molar-refractivity contribution in [3.8, 4) is 0 Å². The molecule has 0 bridgehead atoms. The van der Waals surface area contributed by atoms with Gasteiger partial charge in [-0.25, -0.2) is 0 Å². The van der Waals surface area contributed by atoms with Gasteiger partial charge in [0, 0.05) is 12.1 Å². The van der Waals surface area contributed by atoms with Crippen LogP contribution >= 0.6 is 0 Å². The van der Waals surface area contributed by atoms with Crippen LogP contribution in [0.1, 0.15) is 22.8 Å². The van der Waals surface area contributed by atoms with E-state index in [0.29, 0.717) is 0 Å². The van der Waals surface area contributed by atoms with Crippen molar-refractivity contribution < 1.29 is 32.3 Å². The molecule has 2 amide bonds. The third-order valence-corrected chi connectivity index (χ3v) is 2.97. The first-order valence-corrected chi connectivity index (χ1v) is 7.18. The first-order chi connectivity index (χ1) is 11.6. The number of nitrogens with one attached hydrogen (secondary N) is 2. The largest absolute Gasteiger partial charge is 0.451 e. The first-order valence-electron chi connectivity index (χ1n) is 7.18. The number of alkyl halides is 3. The molecule has 0 radical (unpaired) electrons. The van der Waals surface area contributed by atoms with Gasteiger partial charge in [-0.15, -0.1) is 6.58 Å². The van der Waals surface area contributed by atoms with Crippen LogP contribution in [0.5, 0.6) is 0 Å². The summed E-state index contributed by atoms with van der Waals surface area (Å²) in [6, 6.07) is 3.52. The lowest BCUT2D eigenvalue weighted by molar-refractivity contribution is -0.153. The van der Waals surface area contributed by atoms with Gasteiger partial charge in [-0.3, -0.25) is 14.4 Å². The van der Waals surface area contributed by atoms with E-state index in [1.807, 2.05) is 0 Å². The summed E-state index contributed by atoms with van der Waals surface area (Å²) in [6.45, 7) is 4.46. The molecule has 1 aromatic rings. The Balaban J connectivity index is 2.49. The molecule has 0 saturated heterocycles. The van der Waals surface area contributed by atoms with Gasteiger partial charge < -0.3 is 15.4 Å². The first kappa shape index (κ1) is 20.2. The van der Waals surface area contributed by atoms with E-state index in [9.17, 15) is 27.6 Å². The van der Waals surface area contributed by atoms with E-state index in [1.54, 1.807) is 0 Å². The number of benzene rings is 1. The zero-order valence-corrected chi connectivity index (χ0v) is 13.4. The van der Waals surface area contributed by atoms with Gasteiger partial charge in [0.15, 0.2) is 6.10 Å². The van der Waals surface area contributed by atoms with Gasteiger partial charge in [0.05, 0.1) is 5.56 Å². The van der Waals surface area contributed by atoms with E-state index < -0.39 is 42.2 Å². The van der Waals surface area contributed by atoms with Gasteiger partial charge in [0.2, 0.25) is 0 Å². The molecule has 1 unspecified atom stereocenters. The summed E-state index contributed by atoms with van der Waals surface area (Å²) in [4.78, 5) is 34.8. The third kappa shape index (κ3) is 6.66. The Bertz CT molecular complexity index is 642. The fourth-order valence-corrected chi connectivity index (χ4v) is 1.67. The van der Waals surface area contributed by atoms with E-state index in [-0.39, 0.29) is 12.1 Å². The zero-order chi connectivity index (χ0) is 19.0. The highest BCUT2D eigenvalue weighted by Gasteiger charge is 2.30. The quantitative estimate of drug-likeness (QED) is 0.574. The number of ether oxygens (including phenoxy) is 1. The highest BCUT2D eigenvalue weighted by Crippen LogP contribution is 2.28. The molecule has 9 heteroatoms. The summed E-state index contributed by atoms with van der Waals surface area (Å²) < 4.78 is 42.1. The van der Waals surface area contributed by atoms with Crippen molar-refractivity contribution in [1.82, 2.24) is 10.6 Å². The molecule has 6 nitrogen and oxygen atoms in total. The second-order valence-corrected chi connectivity index (χ2v) is 4.92. The average Bonchev–Trinajstić information content (AvgIpc) is 2.56.